The van der Waals surface area contributed by atoms with Gasteiger partial charge in [0.2, 0.25) is 0 Å². The quantitative estimate of drug-likeness (QED) is 0.835. The number of ketones is 1. The summed E-state index contributed by atoms with van der Waals surface area (Å²) in [6.07, 6.45) is -0.748. The van der Waals surface area contributed by atoms with Crippen molar-refractivity contribution in [1.29, 1.82) is 0 Å². The predicted molar refractivity (Wildman–Crippen MR) is 76.9 cm³/mol. The van der Waals surface area contributed by atoms with Crippen molar-refractivity contribution in [3.05, 3.63) is 35.6 Å². The molecule has 0 aromatic heterocycles. The van der Waals surface area contributed by atoms with Gasteiger partial charge in [-0.3, -0.25) is 10.1 Å². The van der Waals surface area contributed by atoms with Crippen LogP contribution in [0.3, 0.4) is 0 Å². The minimum absolute atomic E-state index is 0.0316. The molecule has 1 aliphatic heterocycles. The molecule has 0 saturated heterocycles. The zero-order chi connectivity index (χ0) is 15.0. The number of fused-ring (bicyclic) bond motifs is 1. The number of nitrogens with zero attached hydrogens (tertiary/aromatic N) is 1. The molecule has 7 heteroatoms. The first-order valence-electron chi connectivity index (χ1n) is 6.50. The van der Waals surface area contributed by atoms with Crippen molar-refractivity contribution >= 4 is 28.8 Å². The van der Waals surface area contributed by atoms with Gasteiger partial charge in [0.25, 0.3) is 0 Å². The topological polar surface area (TPSA) is 78.8 Å². The summed E-state index contributed by atoms with van der Waals surface area (Å²) in [6, 6.07) is 6.25. The van der Waals surface area contributed by atoms with Crippen molar-refractivity contribution in [3.63, 3.8) is 0 Å². The number of thioether (sulfide) groups is 1. The number of rotatable bonds is 1. The molecule has 1 heterocycles. The third kappa shape index (κ3) is 2.42. The fraction of sp³-hybridized carbons (Fsp3) is 0.357. The van der Waals surface area contributed by atoms with Crippen molar-refractivity contribution in [2.45, 2.75) is 18.4 Å². The number of aliphatic imine (C=N–C) groups is 1. The molecule has 1 aliphatic carbocycles. The second-order valence-electron chi connectivity index (χ2n) is 5.18. The molecule has 110 valence electrons. The number of Topliss-reactive ketones (excluding diaryl/α,β-unsaturated/α-hetero) is 1. The molecule has 1 fully saturated rings. The van der Waals surface area contributed by atoms with Gasteiger partial charge in [0, 0.05) is 30.1 Å². The van der Waals surface area contributed by atoms with Crippen molar-refractivity contribution in [2.24, 2.45) is 10.9 Å². The number of hydrogen-bond donors (Lipinski definition) is 2. The fourth-order valence-corrected chi connectivity index (χ4v) is 4.16. The third-order valence-corrected chi connectivity index (χ3v) is 4.93. The maximum Gasteiger partial charge on any atom is 0.410 e. The lowest BCUT2D eigenvalue weighted by molar-refractivity contribution is -0.117. The van der Waals surface area contributed by atoms with Crippen LogP contribution in [0.4, 0.5) is 9.18 Å². The molecule has 0 radical (unpaired) electrons. The highest BCUT2D eigenvalue weighted by Crippen LogP contribution is 2.50. The molecule has 2 N–H and O–H groups in total. The Kier molecular flexibility index (Phi) is 3.44. The third-order valence-electron chi connectivity index (χ3n) is 3.89. The highest BCUT2D eigenvalue weighted by atomic mass is 32.2. The number of amidine groups is 1. The lowest BCUT2D eigenvalue weighted by atomic mass is 9.81. The molecule has 1 aromatic rings. The summed E-state index contributed by atoms with van der Waals surface area (Å²) in [5.41, 5.74) is -0.614. The Morgan fingerprint density at radius 3 is 2.95 bits per heavy atom. The van der Waals surface area contributed by atoms with E-state index < -0.39 is 17.4 Å². The molecule has 1 saturated carbocycles. The van der Waals surface area contributed by atoms with E-state index in [2.05, 4.69) is 10.3 Å². The Labute approximate surface area is 124 Å². The number of amides is 1. The van der Waals surface area contributed by atoms with Crippen LogP contribution in [0.1, 0.15) is 18.4 Å². The van der Waals surface area contributed by atoms with E-state index in [-0.39, 0.29) is 23.3 Å². The van der Waals surface area contributed by atoms with E-state index in [0.29, 0.717) is 17.7 Å². The van der Waals surface area contributed by atoms with Gasteiger partial charge in [-0.15, -0.1) is 0 Å². The van der Waals surface area contributed by atoms with Crippen LogP contribution in [0, 0.1) is 11.7 Å². The van der Waals surface area contributed by atoms with Crippen LogP contribution in [0.25, 0.3) is 0 Å². The Morgan fingerprint density at radius 1 is 1.48 bits per heavy atom. The van der Waals surface area contributed by atoms with Crippen LogP contribution in [-0.4, -0.2) is 27.9 Å². The first-order chi connectivity index (χ1) is 10.0. The molecule has 21 heavy (non-hydrogen) atoms. The first-order valence-corrected chi connectivity index (χ1v) is 7.49. The van der Waals surface area contributed by atoms with Crippen LogP contribution in [-0.2, 0) is 10.3 Å². The Balaban J connectivity index is 2.10. The maximum atomic E-state index is 14.2. The largest absolute Gasteiger partial charge is 0.465 e. The molecule has 2 atom stereocenters. The van der Waals surface area contributed by atoms with Gasteiger partial charge in [0.1, 0.15) is 17.1 Å². The van der Waals surface area contributed by atoms with E-state index in [1.165, 1.54) is 17.8 Å². The van der Waals surface area contributed by atoms with E-state index in [4.69, 9.17) is 5.11 Å². The molecule has 1 amide bonds. The Morgan fingerprint density at radius 2 is 2.24 bits per heavy atom. The fourth-order valence-electron chi connectivity index (χ4n) is 3.02. The van der Waals surface area contributed by atoms with Crippen LogP contribution >= 0.6 is 11.8 Å². The SMILES string of the molecule is O=C1C[C@H]2CSC(NC(=O)O)=N[C@@]2(c2ccccc2F)C1. The van der Waals surface area contributed by atoms with Crippen molar-refractivity contribution in [2.75, 3.05) is 5.75 Å². The summed E-state index contributed by atoms with van der Waals surface area (Å²) in [6.45, 7) is 0. The highest BCUT2D eigenvalue weighted by Gasteiger charge is 2.51. The molecular formula is C14H13FN2O3S. The summed E-state index contributed by atoms with van der Waals surface area (Å²) in [4.78, 5) is 27.1. The molecular weight excluding hydrogens is 295 g/mol. The highest BCUT2D eigenvalue weighted by molar-refractivity contribution is 8.13. The van der Waals surface area contributed by atoms with Gasteiger partial charge >= 0.3 is 6.09 Å². The number of carboxylic acid groups (broad SMARTS) is 1. The molecule has 0 unspecified atom stereocenters. The lowest BCUT2D eigenvalue weighted by Crippen LogP contribution is -2.40. The second-order valence-corrected chi connectivity index (χ2v) is 6.19. The van der Waals surface area contributed by atoms with Crippen LogP contribution in [0.15, 0.2) is 29.3 Å². The van der Waals surface area contributed by atoms with E-state index in [1.54, 1.807) is 18.2 Å². The van der Waals surface area contributed by atoms with Gasteiger partial charge < -0.3 is 5.11 Å². The summed E-state index contributed by atoms with van der Waals surface area (Å²) >= 11 is 1.25. The number of nitrogens with one attached hydrogen (secondary N) is 1. The lowest BCUT2D eigenvalue weighted by Gasteiger charge is -2.35. The average Bonchev–Trinajstić information content (AvgIpc) is 2.74. The summed E-state index contributed by atoms with van der Waals surface area (Å²) in [7, 11) is 0. The standard InChI is InChI=1S/C14H13FN2O3S/c15-11-4-2-1-3-10(11)14-6-9(18)5-8(14)7-21-12(17-14)16-13(19)20/h1-4,8H,5-7H2,(H,16,17)(H,19,20)/t8-,14-/m0/s1. The van der Waals surface area contributed by atoms with Gasteiger partial charge in [-0.05, 0) is 6.07 Å². The summed E-state index contributed by atoms with van der Waals surface area (Å²) in [5, 5.41) is 11.3. The van der Waals surface area contributed by atoms with Gasteiger partial charge in [-0.25, -0.2) is 14.2 Å². The number of hydrogen-bond acceptors (Lipinski definition) is 4. The number of halogens is 1. The Hall–Kier alpha value is -1.89. The van der Waals surface area contributed by atoms with E-state index in [0.717, 1.165) is 0 Å². The van der Waals surface area contributed by atoms with Crippen molar-refractivity contribution < 1.29 is 19.1 Å². The molecule has 2 aliphatic rings. The minimum Gasteiger partial charge on any atom is -0.465 e. The van der Waals surface area contributed by atoms with E-state index >= 15 is 0 Å². The molecule has 3 rings (SSSR count). The smallest absolute Gasteiger partial charge is 0.410 e. The average molecular weight is 308 g/mol. The number of benzene rings is 1. The molecule has 1 aromatic carbocycles. The van der Waals surface area contributed by atoms with Crippen molar-refractivity contribution in [3.8, 4) is 0 Å². The van der Waals surface area contributed by atoms with Gasteiger partial charge in [-0.1, -0.05) is 30.0 Å². The van der Waals surface area contributed by atoms with E-state index in [1.807, 2.05) is 0 Å². The number of carbonyl (C=O) groups is 2. The van der Waals surface area contributed by atoms with Crippen LogP contribution in [0.2, 0.25) is 0 Å². The second kappa shape index (κ2) is 5.14. The van der Waals surface area contributed by atoms with Gasteiger partial charge in [0.05, 0.1) is 0 Å². The first kappa shape index (κ1) is 14.1. The van der Waals surface area contributed by atoms with Crippen molar-refractivity contribution in [1.82, 2.24) is 5.32 Å². The summed E-state index contributed by atoms with van der Waals surface area (Å²) in [5.74, 6) is 0.0528. The molecule has 5 nitrogen and oxygen atoms in total. The molecule has 0 bridgehead atoms. The van der Waals surface area contributed by atoms with Crippen LogP contribution in [0.5, 0.6) is 0 Å². The monoisotopic (exact) mass is 308 g/mol. The Bertz CT molecular complexity index is 649. The van der Waals surface area contributed by atoms with Gasteiger partial charge in [0.15, 0.2) is 5.17 Å². The number of carbonyl (C=O) groups excluding carboxylic acids is 1. The maximum absolute atomic E-state index is 14.2. The molecule has 0 spiro atoms. The van der Waals surface area contributed by atoms with Crippen LogP contribution < -0.4 is 5.32 Å². The normalized spacial score (nSPS) is 28.0. The zero-order valence-electron chi connectivity index (χ0n) is 11.0. The minimum atomic E-state index is -1.22. The zero-order valence-corrected chi connectivity index (χ0v) is 11.8. The summed E-state index contributed by atoms with van der Waals surface area (Å²) < 4.78 is 14.2. The van der Waals surface area contributed by atoms with E-state index in [9.17, 15) is 14.0 Å². The van der Waals surface area contributed by atoms with Gasteiger partial charge in [-0.2, -0.15) is 0 Å². The predicted octanol–water partition coefficient (Wildman–Crippen LogP) is 2.37.